The van der Waals surface area contributed by atoms with Gasteiger partial charge in [0, 0.05) is 11.6 Å². The van der Waals surface area contributed by atoms with Gasteiger partial charge in [-0.05, 0) is 35.6 Å². The number of rotatable bonds is 5. The van der Waals surface area contributed by atoms with Crippen LogP contribution in [0.25, 0.3) is 0 Å². The first-order valence-electron chi connectivity index (χ1n) is 6.45. The van der Waals surface area contributed by atoms with E-state index in [-0.39, 0.29) is 5.41 Å². The van der Waals surface area contributed by atoms with E-state index >= 15 is 0 Å². The summed E-state index contributed by atoms with van der Waals surface area (Å²) < 4.78 is 0. The van der Waals surface area contributed by atoms with Crippen molar-refractivity contribution in [3.63, 3.8) is 0 Å². The molecule has 0 fully saturated rings. The van der Waals surface area contributed by atoms with Gasteiger partial charge < -0.3 is 10.4 Å². The number of halogens is 1. The molecule has 102 valence electrons. The lowest BCUT2D eigenvalue weighted by atomic mass is 9.82. The highest BCUT2D eigenvalue weighted by molar-refractivity contribution is 6.30. The van der Waals surface area contributed by atoms with Crippen LogP contribution in [-0.2, 0) is 0 Å². The predicted octanol–water partition coefficient (Wildman–Crippen LogP) is 3.65. The molecule has 0 saturated heterocycles. The lowest BCUT2D eigenvalue weighted by Crippen LogP contribution is -2.32. The van der Waals surface area contributed by atoms with Crippen LogP contribution in [0, 0.1) is 11.3 Å². The van der Waals surface area contributed by atoms with Crippen molar-refractivity contribution in [3.8, 4) is 0 Å². The average molecular weight is 270 g/mol. The summed E-state index contributed by atoms with van der Waals surface area (Å²) >= 11 is 5.82. The molecule has 1 aromatic rings. The van der Waals surface area contributed by atoms with E-state index in [1.54, 1.807) is 12.1 Å². The summed E-state index contributed by atoms with van der Waals surface area (Å²) in [5.74, 6) is 0.565. The van der Waals surface area contributed by atoms with Gasteiger partial charge >= 0.3 is 0 Å². The van der Waals surface area contributed by atoms with Gasteiger partial charge in [0.2, 0.25) is 0 Å². The van der Waals surface area contributed by atoms with Crippen LogP contribution in [0.15, 0.2) is 24.3 Å². The van der Waals surface area contributed by atoms with Gasteiger partial charge in [0.1, 0.15) is 0 Å². The SMILES string of the molecule is CC(CNCC(O)c1ccc(Cl)cc1)C(C)(C)C. The molecule has 0 radical (unpaired) electrons. The fraction of sp³-hybridized carbons (Fsp3) is 0.600. The molecule has 2 N–H and O–H groups in total. The fourth-order valence-corrected chi connectivity index (χ4v) is 1.67. The molecule has 0 spiro atoms. The van der Waals surface area contributed by atoms with E-state index in [1.807, 2.05) is 12.1 Å². The Kier molecular flexibility index (Phi) is 5.64. The lowest BCUT2D eigenvalue weighted by Gasteiger charge is -2.27. The first-order valence-corrected chi connectivity index (χ1v) is 6.82. The predicted molar refractivity (Wildman–Crippen MR) is 77.9 cm³/mol. The molecule has 0 aliphatic heterocycles. The van der Waals surface area contributed by atoms with Crippen LogP contribution in [0.5, 0.6) is 0 Å². The van der Waals surface area contributed by atoms with E-state index in [0.29, 0.717) is 17.5 Å². The Morgan fingerprint density at radius 2 is 1.72 bits per heavy atom. The van der Waals surface area contributed by atoms with Crippen molar-refractivity contribution in [1.82, 2.24) is 5.32 Å². The molecule has 18 heavy (non-hydrogen) atoms. The van der Waals surface area contributed by atoms with Crippen LogP contribution in [0.3, 0.4) is 0 Å². The summed E-state index contributed by atoms with van der Waals surface area (Å²) in [4.78, 5) is 0. The maximum absolute atomic E-state index is 10.0. The molecule has 0 aliphatic carbocycles. The van der Waals surface area contributed by atoms with Crippen molar-refractivity contribution in [2.75, 3.05) is 13.1 Å². The van der Waals surface area contributed by atoms with Gasteiger partial charge in [-0.2, -0.15) is 0 Å². The van der Waals surface area contributed by atoms with Gasteiger partial charge in [0.25, 0.3) is 0 Å². The molecule has 0 aliphatic rings. The van der Waals surface area contributed by atoms with Gasteiger partial charge in [0.05, 0.1) is 6.10 Å². The second kappa shape index (κ2) is 6.55. The smallest absolute Gasteiger partial charge is 0.0914 e. The van der Waals surface area contributed by atoms with Crippen LogP contribution in [0.2, 0.25) is 5.02 Å². The third-order valence-electron chi connectivity index (χ3n) is 3.52. The van der Waals surface area contributed by atoms with Crippen LogP contribution in [0.4, 0.5) is 0 Å². The molecule has 0 bridgehead atoms. The van der Waals surface area contributed by atoms with E-state index in [9.17, 15) is 5.11 Å². The first kappa shape index (κ1) is 15.5. The Bertz CT molecular complexity index is 356. The average Bonchev–Trinajstić information content (AvgIpc) is 2.28. The summed E-state index contributed by atoms with van der Waals surface area (Å²) in [5, 5.41) is 14.0. The van der Waals surface area contributed by atoms with Gasteiger partial charge in [0.15, 0.2) is 0 Å². The zero-order chi connectivity index (χ0) is 13.8. The van der Waals surface area contributed by atoms with Crippen molar-refractivity contribution in [2.45, 2.75) is 33.8 Å². The molecule has 0 amide bonds. The molecular weight excluding hydrogens is 246 g/mol. The van der Waals surface area contributed by atoms with Crippen LogP contribution in [0.1, 0.15) is 39.4 Å². The van der Waals surface area contributed by atoms with Crippen molar-refractivity contribution < 1.29 is 5.11 Å². The topological polar surface area (TPSA) is 32.3 Å². The normalized spacial score (nSPS) is 15.4. The Labute approximate surface area is 115 Å². The number of nitrogens with one attached hydrogen (secondary N) is 1. The molecule has 2 nitrogen and oxygen atoms in total. The molecule has 2 atom stereocenters. The zero-order valence-corrected chi connectivity index (χ0v) is 12.5. The minimum Gasteiger partial charge on any atom is -0.387 e. The van der Waals surface area contributed by atoms with E-state index in [1.165, 1.54) is 0 Å². The third kappa shape index (κ3) is 4.97. The van der Waals surface area contributed by atoms with Crippen molar-refractivity contribution in [3.05, 3.63) is 34.9 Å². The van der Waals surface area contributed by atoms with Gasteiger partial charge in [-0.25, -0.2) is 0 Å². The highest BCUT2D eigenvalue weighted by Gasteiger charge is 2.19. The minimum atomic E-state index is -0.477. The number of aliphatic hydroxyl groups is 1. The second-order valence-electron chi connectivity index (χ2n) is 5.99. The van der Waals surface area contributed by atoms with Crippen LogP contribution >= 0.6 is 11.6 Å². The minimum absolute atomic E-state index is 0.290. The van der Waals surface area contributed by atoms with Crippen molar-refractivity contribution >= 4 is 11.6 Å². The second-order valence-corrected chi connectivity index (χ2v) is 6.43. The Balaban J connectivity index is 2.38. The molecule has 0 saturated carbocycles. The molecule has 3 heteroatoms. The van der Waals surface area contributed by atoms with E-state index in [4.69, 9.17) is 11.6 Å². The number of aliphatic hydroxyl groups excluding tert-OH is 1. The van der Waals surface area contributed by atoms with Crippen LogP contribution in [-0.4, -0.2) is 18.2 Å². The zero-order valence-electron chi connectivity index (χ0n) is 11.7. The molecule has 0 aromatic heterocycles. The van der Waals surface area contributed by atoms with Gasteiger partial charge in [-0.3, -0.25) is 0 Å². The summed E-state index contributed by atoms with van der Waals surface area (Å²) in [6.07, 6.45) is -0.477. The van der Waals surface area contributed by atoms with Gasteiger partial charge in [-0.15, -0.1) is 0 Å². The lowest BCUT2D eigenvalue weighted by molar-refractivity contribution is 0.166. The van der Waals surface area contributed by atoms with E-state index in [2.05, 4.69) is 33.0 Å². The fourth-order valence-electron chi connectivity index (χ4n) is 1.55. The number of hydrogen-bond donors (Lipinski definition) is 2. The molecule has 1 aromatic carbocycles. The Morgan fingerprint density at radius 1 is 1.17 bits per heavy atom. The number of benzene rings is 1. The monoisotopic (exact) mass is 269 g/mol. The molecule has 0 heterocycles. The Morgan fingerprint density at radius 3 is 2.22 bits per heavy atom. The van der Waals surface area contributed by atoms with Gasteiger partial charge in [-0.1, -0.05) is 51.4 Å². The quantitative estimate of drug-likeness (QED) is 0.855. The highest BCUT2D eigenvalue weighted by Crippen LogP contribution is 2.24. The van der Waals surface area contributed by atoms with Crippen molar-refractivity contribution in [2.24, 2.45) is 11.3 Å². The maximum Gasteiger partial charge on any atom is 0.0914 e. The molecule has 1 rings (SSSR count). The summed E-state index contributed by atoms with van der Waals surface area (Å²) in [5.41, 5.74) is 1.19. The van der Waals surface area contributed by atoms with E-state index < -0.39 is 6.10 Å². The summed E-state index contributed by atoms with van der Waals surface area (Å²) in [6, 6.07) is 7.33. The standard InChI is InChI=1S/C15H24ClNO/c1-11(15(2,3)4)9-17-10-14(18)12-5-7-13(16)8-6-12/h5-8,11,14,17-18H,9-10H2,1-4H3. The van der Waals surface area contributed by atoms with E-state index in [0.717, 1.165) is 12.1 Å². The number of hydrogen-bond acceptors (Lipinski definition) is 2. The summed E-state index contributed by atoms with van der Waals surface area (Å²) in [7, 11) is 0. The van der Waals surface area contributed by atoms with Crippen molar-refractivity contribution in [1.29, 1.82) is 0 Å². The molecular formula is C15H24ClNO. The van der Waals surface area contributed by atoms with Crippen LogP contribution < -0.4 is 5.32 Å². The Hall–Kier alpha value is -0.570. The largest absolute Gasteiger partial charge is 0.387 e. The highest BCUT2D eigenvalue weighted by atomic mass is 35.5. The molecule has 2 unspecified atom stereocenters. The first-order chi connectivity index (χ1) is 8.30. The maximum atomic E-state index is 10.0. The third-order valence-corrected chi connectivity index (χ3v) is 3.77. The summed E-state index contributed by atoms with van der Waals surface area (Å²) in [6.45, 7) is 10.4.